The normalized spacial score (nSPS) is 18.7. The first-order chi connectivity index (χ1) is 16.2. The second kappa shape index (κ2) is 9.49. The van der Waals surface area contributed by atoms with Gasteiger partial charge in [0.15, 0.2) is 17.0 Å². The van der Waals surface area contributed by atoms with Gasteiger partial charge in [0.05, 0.1) is 5.92 Å². The fraction of sp³-hybridized carbons (Fsp3) is 0.538. The van der Waals surface area contributed by atoms with Gasteiger partial charge in [0.25, 0.3) is 0 Å². The number of carbonyl (C=O) groups excluding carboxylic acids is 1. The number of para-hydroxylation sites is 1. The van der Waals surface area contributed by atoms with E-state index in [4.69, 9.17) is 4.98 Å². The van der Waals surface area contributed by atoms with Crippen molar-refractivity contribution in [2.75, 3.05) is 29.4 Å². The maximum Gasteiger partial charge on any atom is 0.231 e. The van der Waals surface area contributed by atoms with Crippen LogP contribution in [0.2, 0.25) is 0 Å². The minimum atomic E-state index is -0.0460. The Morgan fingerprint density at radius 3 is 2.85 bits per heavy atom. The van der Waals surface area contributed by atoms with E-state index in [0.29, 0.717) is 6.54 Å². The summed E-state index contributed by atoms with van der Waals surface area (Å²) in [4.78, 5) is 32.2. The average molecular weight is 447 g/mol. The third-order valence-corrected chi connectivity index (χ3v) is 7.06. The summed E-state index contributed by atoms with van der Waals surface area (Å²) >= 11 is 0. The van der Waals surface area contributed by atoms with Gasteiger partial charge in [0.2, 0.25) is 5.91 Å². The molecule has 0 aliphatic carbocycles. The molecule has 0 saturated carbocycles. The van der Waals surface area contributed by atoms with Crippen LogP contribution in [0.3, 0.4) is 0 Å². The molecule has 0 spiro atoms. The van der Waals surface area contributed by atoms with E-state index < -0.39 is 0 Å². The molecule has 174 valence electrons. The molecule has 7 heteroatoms. The van der Waals surface area contributed by atoms with Crippen molar-refractivity contribution >= 4 is 28.6 Å². The maximum absolute atomic E-state index is 13.7. The number of aromatic nitrogens is 4. The smallest absolute Gasteiger partial charge is 0.231 e. The monoisotopic (exact) mass is 446 g/mol. The first-order valence-electron chi connectivity index (χ1n) is 12.5. The topological polar surface area (TPSA) is 67.2 Å². The molecule has 1 fully saturated rings. The summed E-state index contributed by atoms with van der Waals surface area (Å²) in [6.07, 6.45) is 9.08. The quantitative estimate of drug-likeness (QED) is 0.576. The molecule has 0 radical (unpaired) electrons. The molecule has 33 heavy (non-hydrogen) atoms. The lowest BCUT2D eigenvalue weighted by Gasteiger charge is -2.36. The van der Waals surface area contributed by atoms with Gasteiger partial charge in [0.1, 0.15) is 12.2 Å². The van der Waals surface area contributed by atoms with Crippen molar-refractivity contribution in [3.63, 3.8) is 0 Å². The van der Waals surface area contributed by atoms with Gasteiger partial charge in [-0.2, -0.15) is 0 Å². The number of aryl methyl sites for hydroxylation is 3. The number of benzene rings is 1. The highest BCUT2D eigenvalue weighted by molar-refractivity contribution is 5.96. The number of anilines is 2. The lowest BCUT2D eigenvalue weighted by atomic mass is 9.95. The lowest BCUT2D eigenvalue weighted by molar-refractivity contribution is -0.122. The highest BCUT2D eigenvalue weighted by Crippen LogP contribution is 2.31. The standard InChI is InChI=1S/C26H34N6O/c1-3-14-31(21-12-7-6-10-19(21)2)26(33)20-11-9-15-30(17-20)24-23-25(28-18-27-24)32-16-8-4-5-13-22(32)29-23/h6-7,10,12,18,20H,3-5,8-9,11,13-17H2,1-2H3. The molecular formula is C26H34N6O. The second-order valence-corrected chi connectivity index (χ2v) is 9.42. The molecule has 3 aromatic rings. The van der Waals surface area contributed by atoms with Crippen LogP contribution in [0.15, 0.2) is 30.6 Å². The number of carbonyl (C=O) groups is 1. The van der Waals surface area contributed by atoms with Crippen molar-refractivity contribution in [1.82, 2.24) is 19.5 Å². The molecule has 0 bridgehead atoms. The number of amides is 1. The van der Waals surface area contributed by atoms with Crippen LogP contribution in [0.4, 0.5) is 11.5 Å². The molecule has 1 unspecified atom stereocenters. The Labute approximate surface area is 195 Å². The maximum atomic E-state index is 13.7. The minimum absolute atomic E-state index is 0.0460. The summed E-state index contributed by atoms with van der Waals surface area (Å²) in [6, 6.07) is 8.20. The van der Waals surface area contributed by atoms with Gasteiger partial charge in [-0.25, -0.2) is 15.0 Å². The number of hydrogen-bond donors (Lipinski definition) is 0. The molecule has 5 rings (SSSR count). The molecule has 4 heterocycles. The molecule has 2 aliphatic rings. The number of piperidine rings is 1. The first kappa shape index (κ1) is 21.9. The van der Waals surface area contributed by atoms with Gasteiger partial charge in [-0.15, -0.1) is 0 Å². The number of hydrogen-bond acceptors (Lipinski definition) is 5. The first-order valence-corrected chi connectivity index (χ1v) is 12.5. The summed E-state index contributed by atoms with van der Waals surface area (Å²) in [5.74, 6) is 2.19. The van der Waals surface area contributed by atoms with Gasteiger partial charge >= 0.3 is 0 Å². The Bertz CT molecular complexity index is 1140. The molecular weight excluding hydrogens is 412 g/mol. The molecule has 7 nitrogen and oxygen atoms in total. The number of imidazole rings is 1. The summed E-state index contributed by atoms with van der Waals surface area (Å²) in [5, 5.41) is 0. The Hall–Kier alpha value is -2.96. The van der Waals surface area contributed by atoms with E-state index in [1.54, 1.807) is 6.33 Å². The van der Waals surface area contributed by atoms with Gasteiger partial charge < -0.3 is 14.4 Å². The van der Waals surface area contributed by atoms with Gasteiger partial charge in [-0.05, 0) is 50.7 Å². The Balaban J connectivity index is 1.42. The van der Waals surface area contributed by atoms with Crippen molar-refractivity contribution in [3.8, 4) is 0 Å². The van der Waals surface area contributed by atoms with Crippen LogP contribution < -0.4 is 9.80 Å². The fourth-order valence-electron chi connectivity index (χ4n) is 5.39. The second-order valence-electron chi connectivity index (χ2n) is 9.42. The minimum Gasteiger partial charge on any atom is -0.354 e. The highest BCUT2D eigenvalue weighted by atomic mass is 16.2. The van der Waals surface area contributed by atoms with Gasteiger partial charge in [-0.1, -0.05) is 31.5 Å². The van der Waals surface area contributed by atoms with E-state index in [2.05, 4.69) is 45.4 Å². The average Bonchev–Trinajstić information content (AvgIpc) is 3.03. The fourth-order valence-corrected chi connectivity index (χ4v) is 5.39. The van der Waals surface area contributed by atoms with Crippen LogP contribution >= 0.6 is 0 Å². The zero-order valence-corrected chi connectivity index (χ0v) is 19.8. The van der Waals surface area contributed by atoms with E-state index in [1.807, 2.05) is 17.0 Å². The van der Waals surface area contributed by atoms with Crippen LogP contribution in [0, 0.1) is 12.8 Å². The third-order valence-electron chi connectivity index (χ3n) is 7.06. The van der Waals surface area contributed by atoms with E-state index in [-0.39, 0.29) is 11.8 Å². The predicted molar refractivity (Wildman–Crippen MR) is 132 cm³/mol. The lowest BCUT2D eigenvalue weighted by Crippen LogP contribution is -2.45. The van der Waals surface area contributed by atoms with Gasteiger partial charge in [0, 0.05) is 38.3 Å². The van der Waals surface area contributed by atoms with Crippen LogP contribution in [-0.2, 0) is 17.8 Å². The largest absolute Gasteiger partial charge is 0.354 e. The van der Waals surface area contributed by atoms with E-state index >= 15 is 0 Å². The highest BCUT2D eigenvalue weighted by Gasteiger charge is 2.32. The van der Waals surface area contributed by atoms with Crippen LogP contribution in [0.25, 0.3) is 11.2 Å². The summed E-state index contributed by atoms with van der Waals surface area (Å²) < 4.78 is 2.28. The Morgan fingerprint density at radius 1 is 1.12 bits per heavy atom. The van der Waals surface area contributed by atoms with Crippen molar-refractivity contribution in [3.05, 3.63) is 42.0 Å². The van der Waals surface area contributed by atoms with Crippen molar-refractivity contribution < 1.29 is 4.79 Å². The molecule has 1 saturated heterocycles. The van der Waals surface area contributed by atoms with Crippen LogP contribution in [0.1, 0.15) is 56.8 Å². The summed E-state index contributed by atoms with van der Waals surface area (Å²) in [7, 11) is 0. The Kier molecular flexibility index (Phi) is 6.29. The van der Waals surface area contributed by atoms with E-state index in [1.165, 1.54) is 19.3 Å². The molecule has 1 amide bonds. The van der Waals surface area contributed by atoms with E-state index in [9.17, 15) is 4.79 Å². The van der Waals surface area contributed by atoms with E-state index in [0.717, 1.165) is 79.4 Å². The van der Waals surface area contributed by atoms with Crippen LogP contribution in [-0.4, -0.2) is 45.1 Å². The van der Waals surface area contributed by atoms with Crippen LogP contribution in [0.5, 0.6) is 0 Å². The number of nitrogens with zero attached hydrogens (tertiary/aromatic N) is 6. The van der Waals surface area contributed by atoms with Crippen molar-refractivity contribution in [2.24, 2.45) is 5.92 Å². The zero-order valence-electron chi connectivity index (χ0n) is 19.8. The molecule has 2 aromatic heterocycles. The SMILES string of the molecule is CCCN(C(=O)C1CCCN(c2ncnc3c2nc2n3CCCCC2)C1)c1ccccc1C. The molecule has 0 N–H and O–H groups in total. The van der Waals surface area contributed by atoms with Crippen molar-refractivity contribution in [1.29, 1.82) is 0 Å². The number of rotatable bonds is 5. The predicted octanol–water partition coefficient (Wildman–Crippen LogP) is 4.52. The summed E-state index contributed by atoms with van der Waals surface area (Å²) in [5.41, 5.74) is 4.01. The zero-order chi connectivity index (χ0) is 22.8. The molecule has 2 aliphatic heterocycles. The summed E-state index contributed by atoms with van der Waals surface area (Å²) in [6.45, 7) is 7.51. The number of fused-ring (bicyclic) bond motifs is 3. The van der Waals surface area contributed by atoms with Gasteiger partial charge in [-0.3, -0.25) is 4.79 Å². The molecule has 1 atom stereocenters. The third kappa shape index (κ3) is 4.21. The Morgan fingerprint density at radius 2 is 2.00 bits per heavy atom. The molecule has 1 aromatic carbocycles. The van der Waals surface area contributed by atoms with Crippen molar-refractivity contribution in [2.45, 2.75) is 65.3 Å².